The molecule has 170 valence electrons. The fourth-order valence-electron chi connectivity index (χ4n) is 3.27. The molecule has 0 bridgehead atoms. The van der Waals surface area contributed by atoms with Gasteiger partial charge in [-0.3, -0.25) is 9.48 Å². The number of aromatic nitrogens is 2. The fourth-order valence-corrected chi connectivity index (χ4v) is 3.27. The number of nitrogens with one attached hydrogen (secondary N) is 1. The summed E-state index contributed by atoms with van der Waals surface area (Å²) in [4.78, 5) is 12.9. The van der Waals surface area contributed by atoms with E-state index in [1.807, 2.05) is 31.2 Å². The van der Waals surface area contributed by atoms with E-state index in [-0.39, 0.29) is 23.7 Å². The second-order valence-electron chi connectivity index (χ2n) is 6.98. The summed E-state index contributed by atoms with van der Waals surface area (Å²) in [7, 11) is 1.61. The molecule has 9 heteroatoms. The van der Waals surface area contributed by atoms with E-state index in [4.69, 9.17) is 9.47 Å². The Morgan fingerprint density at radius 1 is 1.16 bits per heavy atom. The SMILES string of the molecule is CCOc1cc(C(=O)Nc2c(C)nn(Cc3cccc(OC)c3)c2C)ccc1OC(F)F. The van der Waals surface area contributed by atoms with Crippen molar-refractivity contribution in [2.24, 2.45) is 0 Å². The summed E-state index contributed by atoms with van der Waals surface area (Å²) in [6.07, 6.45) is 0. The van der Waals surface area contributed by atoms with Crippen LogP contribution in [-0.2, 0) is 6.54 Å². The lowest BCUT2D eigenvalue weighted by atomic mass is 10.1. The Labute approximate surface area is 184 Å². The molecule has 0 aliphatic rings. The van der Waals surface area contributed by atoms with Crippen molar-refractivity contribution in [3.8, 4) is 17.2 Å². The molecule has 3 rings (SSSR count). The van der Waals surface area contributed by atoms with E-state index in [1.54, 1.807) is 25.6 Å². The molecule has 7 nitrogen and oxygen atoms in total. The van der Waals surface area contributed by atoms with Crippen molar-refractivity contribution in [1.29, 1.82) is 0 Å². The number of carbonyl (C=O) groups is 1. The minimum atomic E-state index is -2.99. The predicted octanol–water partition coefficient (Wildman–Crippen LogP) is 4.81. The molecule has 32 heavy (non-hydrogen) atoms. The monoisotopic (exact) mass is 445 g/mol. The molecule has 0 fully saturated rings. The van der Waals surface area contributed by atoms with Gasteiger partial charge in [0.2, 0.25) is 0 Å². The molecule has 0 saturated heterocycles. The van der Waals surface area contributed by atoms with Crippen LogP contribution >= 0.6 is 0 Å². The van der Waals surface area contributed by atoms with E-state index < -0.39 is 12.5 Å². The molecule has 1 aromatic heterocycles. The Bertz CT molecular complexity index is 1100. The van der Waals surface area contributed by atoms with Gasteiger partial charge in [0.1, 0.15) is 5.75 Å². The summed E-state index contributed by atoms with van der Waals surface area (Å²) in [5, 5.41) is 7.40. The van der Waals surface area contributed by atoms with E-state index in [0.29, 0.717) is 17.9 Å². The van der Waals surface area contributed by atoms with Gasteiger partial charge in [-0.05, 0) is 56.7 Å². The van der Waals surface area contributed by atoms with Crippen molar-refractivity contribution in [2.45, 2.75) is 33.9 Å². The number of alkyl halides is 2. The number of methoxy groups -OCH3 is 1. The zero-order valence-corrected chi connectivity index (χ0v) is 18.3. The maximum Gasteiger partial charge on any atom is 0.387 e. The highest BCUT2D eigenvalue weighted by Gasteiger charge is 2.18. The molecule has 0 unspecified atom stereocenters. The first kappa shape index (κ1) is 23.1. The standard InChI is InChI=1S/C23H25F2N3O4/c1-5-31-20-12-17(9-10-19(20)32-23(24)25)22(29)26-21-14(2)27-28(15(21)3)13-16-7-6-8-18(11-16)30-4/h6-12,23H,5,13H2,1-4H3,(H,26,29). The van der Waals surface area contributed by atoms with Crippen LogP contribution in [0.15, 0.2) is 42.5 Å². The normalized spacial score (nSPS) is 10.8. The van der Waals surface area contributed by atoms with Crippen LogP contribution < -0.4 is 19.5 Å². The van der Waals surface area contributed by atoms with Gasteiger partial charge in [0.15, 0.2) is 11.5 Å². The topological polar surface area (TPSA) is 74.6 Å². The second-order valence-corrected chi connectivity index (χ2v) is 6.98. The lowest BCUT2D eigenvalue weighted by molar-refractivity contribution is -0.0514. The van der Waals surface area contributed by atoms with Crippen LogP contribution in [0.25, 0.3) is 0 Å². The maximum absolute atomic E-state index is 12.9. The van der Waals surface area contributed by atoms with Crippen LogP contribution in [0, 0.1) is 13.8 Å². The molecule has 1 N–H and O–H groups in total. The van der Waals surface area contributed by atoms with Crippen molar-refractivity contribution >= 4 is 11.6 Å². The first-order chi connectivity index (χ1) is 15.3. The second kappa shape index (κ2) is 10.1. The first-order valence-electron chi connectivity index (χ1n) is 10.0. The van der Waals surface area contributed by atoms with Crippen molar-refractivity contribution in [1.82, 2.24) is 9.78 Å². The van der Waals surface area contributed by atoms with Crippen molar-refractivity contribution in [3.05, 3.63) is 65.0 Å². The lowest BCUT2D eigenvalue weighted by Gasteiger charge is -2.13. The van der Waals surface area contributed by atoms with E-state index >= 15 is 0 Å². The Balaban J connectivity index is 1.81. The predicted molar refractivity (Wildman–Crippen MR) is 116 cm³/mol. The number of benzene rings is 2. The Morgan fingerprint density at radius 2 is 1.94 bits per heavy atom. The molecular weight excluding hydrogens is 420 g/mol. The van der Waals surface area contributed by atoms with Crippen molar-refractivity contribution < 1.29 is 27.8 Å². The van der Waals surface area contributed by atoms with Crippen LogP contribution in [0.2, 0.25) is 0 Å². The van der Waals surface area contributed by atoms with Crippen molar-refractivity contribution in [2.75, 3.05) is 19.0 Å². The fraction of sp³-hybridized carbons (Fsp3) is 0.304. The highest BCUT2D eigenvalue weighted by molar-refractivity contribution is 6.05. The summed E-state index contributed by atoms with van der Waals surface area (Å²) in [5.41, 5.74) is 3.27. The number of ether oxygens (including phenoxy) is 3. The number of aryl methyl sites for hydroxylation is 1. The van der Waals surface area contributed by atoms with Gasteiger partial charge in [-0.1, -0.05) is 12.1 Å². The molecule has 1 heterocycles. The van der Waals surface area contributed by atoms with Crippen LogP contribution in [0.3, 0.4) is 0 Å². The minimum Gasteiger partial charge on any atom is -0.497 e. The number of rotatable bonds is 9. The quantitative estimate of drug-likeness (QED) is 0.512. The van der Waals surface area contributed by atoms with E-state index in [1.165, 1.54) is 18.2 Å². The van der Waals surface area contributed by atoms with Crippen LogP contribution in [-0.4, -0.2) is 36.0 Å². The number of halogens is 2. The molecule has 2 aromatic carbocycles. The first-order valence-corrected chi connectivity index (χ1v) is 10.0. The molecule has 0 aliphatic carbocycles. The molecule has 3 aromatic rings. The van der Waals surface area contributed by atoms with E-state index in [2.05, 4.69) is 15.2 Å². The van der Waals surface area contributed by atoms with Crippen molar-refractivity contribution in [3.63, 3.8) is 0 Å². The van der Waals surface area contributed by atoms with Gasteiger partial charge in [0.25, 0.3) is 5.91 Å². The largest absolute Gasteiger partial charge is 0.497 e. The molecule has 1 amide bonds. The summed E-state index contributed by atoms with van der Waals surface area (Å²) >= 11 is 0. The summed E-state index contributed by atoms with van der Waals surface area (Å²) < 4.78 is 42.1. The Kier molecular flexibility index (Phi) is 7.29. The van der Waals surface area contributed by atoms with Crippen LogP contribution in [0.4, 0.5) is 14.5 Å². The number of nitrogens with zero attached hydrogens (tertiary/aromatic N) is 2. The molecular formula is C23H25F2N3O4. The Hall–Kier alpha value is -3.62. The number of hydrogen-bond donors (Lipinski definition) is 1. The lowest BCUT2D eigenvalue weighted by Crippen LogP contribution is -2.14. The Morgan fingerprint density at radius 3 is 2.62 bits per heavy atom. The van der Waals surface area contributed by atoms with Gasteiger partial charge in [-0.15, -0.1) is 0 Å². The van der Waals surface area contributed by atoms with Crippen LogP contribution in [0.1, 0.15) is 34.2 Å². The summed E-state index contributed by atoms with van der Waals surface area (Å²) in [5.74, 6) is 0.281. The zero-order valence-electron chi connectivity index (χ0n) is 18.3. The summed E-state index contributed by atoms with van der Waals surface area (Å²) in [6.45, 7) is 3.13. The van der Waals surface area contributed by atoms with Gasteiger partial charge >= 0.3 is 6.61 Å². The zero-order chi connectivity index (χ0) is 23.3. The van der Waals surface area contributed by atoms with E-state index in [9.17, 15) is 13.6 Å². The van der Waals surface area contributed by atoms with Gasteiger partial charge < -0.3 is 19.5 Å². The smallest absolute Gasteiger partial charge is 0.387 e. The molecule has 0 atom stereocenters. The molecule has 0 radical (unpaired) electrons. The third-order valence-corrected chi connectivity index (χ3v) is 4.81. The number of anilines is 1. The van der Waals surface area contributed by atoms with Gasteiger partial charge in [0, 0.05) is 5.56 Å². The third kappa shape index (κ3) is 5.35. The third-order valence-electron chi connectivity index (χ3n) is 4.81. The van der Waals surface area contributed by atoms with Crippen LogP contribution in [0.5, 0.6) is 17.2 Å². The minimum absolute atomic E-state index is 0.0719. The van der Waals surface area contributed by atoms with Gasteiger partial charge in [-0.25, -0.2) is 0 Å². The average molecular weight is 445 g/mol. The highest BCUT2D eigenvalue weighted by atomic mass is 19.3. The maximum atomic E-state index is 12.9. The average Bonchev–Trinajstić information content (AvgIpc) is 3.02. The van der Waals surface area contributed by atoms with Gasteiger partial charge in [-0.2, -0.15) is 13.9 Å². The molecule has 0 spiro atoms. The van der Waals surface area contributed by atoms with E-state index in [0.717, 1.165) is 17.0 Å². The molecule has 0 saturated carbocycles. The molecule has 0 aliphatic heterocycles. The number of carbonyl (C=O) groups excluding carboxylic acids is 1. The van der Waals surface area contributed by atoms with Gasteiger partial charge in [0.05, 0.1) is 37.3 Å². The summed E-state index contributed by atoms with van der Waals surface area (Å²) in [6, 6.07) is 11.7. The number of hydrogen-bond acceptors (Lipinski definition) is 5. The number of amides is 1. The highest BCUT2D eigenvalue weighted by Crippen LogP contribution is 2.30.